The van der Waals surface area contributed by atoms with E-state index in [2.05, 4.69) is 37.0 Å². The summed E-state index contributed by atoms with van der Waals surface area (Å²) in [7, 11) is 0. The highest BCUT2D eigenvalue weighted by Gasteiger charge is 2.17. The molecule has 3 nitrogen and oxygen atoms in total. The zero-order chi connectivity index (χ0) is 14.1. The Hall–Kier alpha value is -1.24. The molecule has 2 heterocycles. The Balaban J connectivity index is 1.95. The van der Waals surface area contributed by atoms with E-state index in [1.165, 1.54) is 11.3 Å². The Morgan fingerprint density at radius 2 is 1.95 bits per heavy atom. The monoisotopic (exact) mass is 410 g/mol. The molecule has 0 amide bonds. The van der Waals surface area contributed by atoms with Gasteiger partial charge in [-0.15, -0.1) is 11.3 Å². The van der Waals surface area contributed by atoms with Crippen molar-refractivity contribution in [2.24, 2.45) is 0 Å². The number of nitrogens with zero attached hydrogens (tertiary/aromatic N) is 2. The maximum atomic E-state index is 12.4. The quantitative estimate of drug-likeness (QED) is 0.586. The van der Waals surface area contributed by atoms with E-state index in [1.54, 1.807) is 17.1 Å². The third kappa shape index (κ3) is 2.63. The van der Waals surface area contributed by atoms with Crippen LogP contribution in [0.2, 0.25) is 0 Å². The Morgan fingerprint density at radius 3 is 2.60 bits per heavy atom. The van der Waals surface area contributed by atoms with Gasteiger partial charge in [-0.05, 0) is 50.1 Å². The third-order valence-corrected chi connectivity index (χ3v) is 5.11. The molecule has 100 valence electrons. The minimum absolute atomic E-state index is 0.0407. The number of hydrogen-bond acceptors (Lipinski definition) is 3. The van der Waals surface area contributed by atoms with Gasteiger partial charge in [-0.2, -0.15) is 5.10 Å². The van der Waals surface area contributed by atoms with Crippen LogP contribution in [0.1, 0.15) is 15.9 Å². The fourth-order valence-electron chi connectivity index (χ4n) is 1.81. The van der Waals surface area contributed by atoms with Gasteiger partial charge in [0.1, 0.15) is 0 Å². The number of aromatic nitrogens is 2. The molecule has 0 radical (unpaired) electrons. The van der Waals surface area contributed by atoms with Crippen LogP contribution >= 0.6 is 43.2 Å². The van der Waals surface area contributed by atoms with Crippen molar-refractivity contribution in [1.82, 2.24) is 9.78 Å². The second kappa shape index (κ2) is 5.63. The second-order valence-electron chi connectivity index (χ2n) is 4.08. The molecule has 0 aliphatic heterocycles. The molecule has 20 heavy (non-hydrogen) atoms. The average molecular weight is 412 g/mol. The number of ketones is 1. The van der Waals surface area contributed by atoms with Crippen molar-refractivity contribution in [3.05, 3.63) is 67.5 Å². The highest BCUT2D eigenvalue weighted by Crippen LogP contribution is 2.33. The van der Waals surface area contributed by atoms with Gasteiger partial charge in [0.2, 0.25) is 0 Å². The Kier molecular flexibility index (Phi) is 3.87. The fraction of sp³-hybridized carbons (Fsp3) is 0. The van der Waals surface area contributed by atoms with Gasteiger partial charge in [-0.25, -0.2) is 4.68 Å². The van der Waals surface area contributed by atoms with E-state index in [0.29, 0.717) is 11.1 Å². The van der Waals surface area contributed by atoms with E-state index in [9.17, 15) is 4.79 Å². The van der Waals surface area contributed by atoms with Crippen molar-refractivity contribution in [2.45, 2.75) is 0 Å². The van der Waals surface area contributed by atoms with Crippen molar-refractivity contribution in [2.75, 3.05) is 0 Å². The summed E-state index contributed by atoms with van der Waals surface area (Å²) >= 11 is 8.27. The number of rotatable bonds is 3. The molecule has 0 bridgehead atoms. The maximum Gasteiger partial charge on any atom is 0.198 e. The Labute approximate surface area is 136 Å². The van der Waals surface area contributed by atoms with Crippen LogP contribution in [0.3, 0.4) is 0 Å². The molecule has 0 unspecified atom stereocenters. The smallest absolute Gasteiger partial charge is 0.198 e. The van der Waals surface area contributed by atoms with Crippen LogP contribution < -0.4 is 0 Å². The molecule has 0 aliphatic rings. The zero-order valence-corrected chi connectivity index (χ0v) is 14.1. The molecule has 0 aliphatic carbocycles. The molecule has 0 saturated heterocycles. The minimum atomic E-state index is -0.0407. The van der Waals surface area contributed by atoms with Crippen LogP contribution in [0.4, 0.5) is 0 Å². The lowest BCUT2D eigenvalue weighted by atomic mass is 10.1. The molecule has 2 aromatic heterocycles. The lowest BCUT2D eigenvalue weighted by Gasteiger charge is -1.99. The van der Waals surface area contributed by atoms with Gasteiger partial charge in [0.25, 0.3) is 0 Å². The summed E-state index contributed by atoms with van der Waals surface area (Å²) < 4.78 is 3.44. The van der Waals surface area contributed by atoms with E-state index >= 15 is 0 Å². The number of para-hydroxylation sites is 1. The number of hydrogen-bond donors (Lipinski definition) is 0. The summed E-state index contributed by atoms with van der Waals surface area (Å²) in [5, 5.41) is 4.24. The van der Waals surface area contributed by atoms with Crippen molar-refractivity contribution < 1.29 is 4.79 Å². The summed E-state index contributed by atoms with van der Waals surface area (Å²) in [6.07, 6.45) is 3.34. The van der Waals surface area contributed by atoms with Crippen molar-refractivity contribution in [1.29, 1.82) is 0 Å². The normalized spacial score (nSPS) is 10.7. The fourth-order valence-corrected chi connectivity index (χ4v) is 4.61. The lowest BCUT2D eigenvalue weighted by molar-refractivity contribution is 0.103. The lowest BCUT2D eigenvalue weighted by Crippen LogP contribution is -1.99. The number of carbonyl (C=O) groups is 1. The van der Waals surface area contributed by atoms with Crippen LogP contribution in [-0.2, 0) is 0 Å². The summed E-state index contributed by atoms with van der Waals surface area (Å²) in [6, 6.07) is 11.5. The molecular formula is C14H8Br2N2OS. The molecule has 3 rings (SSSR count). The van der Waals surface area contributed by atoms with Gasteiger partial charge < -0.3 is 0 Å². The van der Waals surface area contributed by atoms with Crippen LogP contribution in [0.5, 0.6) is 0 Å². The first-order chi connectivity index (χ1) is 9.65. The highest BCUT2D eigenvalue weighted by molar-refractivity contribution is 9.12. The second-order valence-corrected chi connectivity index (χ2v) is 7.83. The SMILES string of the molecule is O=C(c1cnn(-c2ccccc2)c1)c1cc(Br)sc1Br. The first-order valence-electron chi connectivity index (χ1n) is 5.75. The van der Waals surface area contributed by atoms with Crippen molar-refractivity contribution in [3.8, 4) is 5.69 Å². The molecular weight excluding hydrogens is 404 g/mol. The van der Waals surface area contributed by atoms with Gasteiger partial charge in [0.15, 0.2) is 5.78 Å². The first kappa shape index (κ1) is 13.7. The third-order valence-electron chi connectivity index (χ3n) is 2.77. The van der Waals surface area contributed by atoms with Gasteiger partial charge in [-0.1, -0.05) is 18.2 Å². The van der Waals surface area contributed by atoms with Crippen LogP contribution in [0.15, 0.2) is 56.4 Å². The summed E-state index contributed by atoms with van der Waals surface area (Å²) in [5.74, 6) is -0.0407. The van der Waals surface area contributed by atoms with E-state index in [1.807, 2.05) is 36.4 Å². The largest absolute Gasteiger partial charge is 0.288 e. The van der Waals surface area contributed by atoms with E-state index < -0.39 is 0 Å². The minimum Gasteiger partial charge on any atom is -0.288 e. The molecule has 6 heteroatoms. The van der Waals surface area contributed by atoms with Gasteiger partial charge >= 0.3 is 0 Å². The Bertz CT molecular complexity index is 765. The van der Waals surface area contributed by atoms with Gasteiger partial charge in [0, 0.05) is 11.8 Å². The molecule has 3 aromatic rings. The predicted molar refractivity (Wildman–Crippen MR) is 86.7 cm³/mol. The van der Waals surface area contributed by atoms with Gasteiger partial charge in [-0.3, -0.25) is 4.79 Å². The molecule has 0 N–H and O–H groups in total. The summed E-state index contributed by atoms with van der Waals surface area (Å²) in [5.41, 5.74) is 2.14. The van der Waals surface area contributed by atoms with E-state index in [-0.39, 0.29) is 5.78 Å². The highest BCUT2D eigenvalue weighted by atomic mass is 79.9. The molecule has 0 spiro atoms. The van der Waals surface area contributed by atoms with E-state index in [4.69, 9.17) is 0 Å². The molecule has 1 aromatic carbocycles. The van der Waals surface area contributed by atoms with Crippen molar-refractivity contribution in [3.63, 3.8) is 0 Å². The Morgan fingerprint density at radius 1 is 1.20 bits per heavy atom. The van der Waals surface area contributed by atoms with Crippen LogP contribution in [0.25, 0.3) is 5.69 Å². The maximum absolute atomic E-state index is 12.4. The molecule has 0 fully saturated rings. The standard InChI is InChI=1S/C14H8Br2N2OS/c15-12-6-11(14(16)20-12)13(19)9-7-17-18(8-9)10-4-2-1-3-5-10/h1-8H. The predicted octanol–water partition coefficient (Wildman–Crippen LogP) is 4.69. The van der Waals surface area contributed by atoms with Crippen LogP contribution in [0, 0.1) is 0 Å². The number of halogens is 2. The van der Waals surface area contributed by atoms with Crippen LogP contribution in [-0.4, -0.2) is 15.6 Å². The summed E-state index contributed by atoms with van der Waals surface area (Å²) in [6.45, 7) is 0. The van der Waals surface area contributed by atoms with Crippen molar-refractivity contribution >= 4 is 49.0 Å². The summed E-state index contributed by atoms with van der Waals surface area (Å²) in [4.78, 5) is 12.4. The molecule has 0 atom stereocenters. The van der Waals surface area contributed by atoms with E-state index in [0.717, 1.165) is 13.3 Å². The first-order valence-corrected chi connectivity index (χ1v) is 8.15. The molecule has 0 saturated carbocycles. The van der Waals surface area contributed by atoms with Gasteiger partial charge in [0.05, 0.1) is 25.0 Å². The number of benzene rings is 1. The topological polar surface area (TPSA) is 34.9 Å². The zero-order valence-electron chi connectivity index (χ0n) is 10.1. The number of carbonyl (C=O) groups excluding carboxylic acids is 1. The number of thiophene rings is 1. The average Bonchev–Trinajstić information content (AvgIpc) is 3.06.